The lowest BCUT2D eigenvalue weighted by atomic mass is 9.86. The van der Waals surface area contributed by atoms with Crippen LogP contribution in [0.5, 0.6) is 0 Å². The van der Waals surface area contributed by atoms with E-state index >= 15 is 0 Å². The van der Waals surface area contributed by atoms with Gasteiger partial charge in [-0.3, -0.25) is 0 Å². The fraction of sp³-hybridized carbons (Fsp3) is 0.400. The average Bonchev–Trinajstić information content (AvgIpc) is 2.38. The predicted octanol–water partition coefficient (Wildman–Crippen LogP) is 6.75. The van der Waals surface area contributed by atoms with Gasteiger partial charge in [-0.1, -0.05) is 92.1 Å². The van der Waals surface area contributed by atoms with Crippen LogP contribution in [-0.4, -0.2) is 0 Å². The third-order valence-corrected chi connectivity index (χ3v) is 3.00. The summed E-state index contributed by atoms with van der Waals surface area (Å²) < 4.78 is 0. The zero-order valence-corrected chi connectivity index (χ0v) is 10.0. The highest BCUT2D eigenvalue weighted by atomic mass is 14.2. The SMILES string of the molecule is C.C.C.C.CC.c1ccc2c(c1)Cc1ccccc1C2. The van der Waals surface area contributed by atoms with Crippen LogP contribution >= 0.6 is 0 Å². The monoisotopic (exact) mass is 274 g/mol. The molecular weight excluding hydrogens is 240 g/mol. The Balaban J connectivity index is -0.000000463. The van der Waals surface area contributed by atoms with Crippen molar-refractivity contribution in [3.8, 4) is 0 Å². The molecule has 0 spiro atoms. The fourth-order valence-electron chi connectivity index (χ4n) is 2.22. The molecule has 0 atom stereocenters. The van der Waals surface area contributed by atoms with E-state index in [1.54, 1.807) is 0 Å². The molecule has 0 radical (unpaired) electrons. The van der Waals surface area contributed by atoms with Crippen LogP contribution in [0.3, 0.4) is 0 Å². The van der Waals surface area contributed by atoms with Gasteiger partial charge in [-0.2, -0.15) is 0 Å². The summed E-state index contributed by atoms with van der Waals surface area (Å²) >= 11 is 0. The molecule has 0 nitrogen and oxygen atoms in total. The van der Waals surface area contributed by atoms with Gasteiger partial charge in [0.2, 0.25) is 0 Å². The van der Waals surface area contributed by atoms with E-state index in [-0.39, 0.29) is 29.7 Å². The van der Waals surface area contributed by atoms with Crippen LogP contribution < -0.4 is 0 Å². The molecule has 0 heterocycles. The third-order valence-electron chi connectivity index (χ3n) is 3.00. The van der Waals surface area contributed by atoms with Crippen molar-refractivity contribution in [3.05, 3.63) is 70.8 Å². The molecule has 1 aliphatic rings. The second-order valence-electron chi connectivity index (χ2n) is 3.89. The van der Waals surface area contributed by atoms with Gasteiger partial charge < -0.3 is 0 Å². The van der Waals surface area contributed by atoms with E-state index in [9.17, 15) is 0 Å². The smallest absolute Gasteiger partial charge is 0.00201 e. The Morgan fingerprint density at radius 3 is 0.900 bits per heavy atom. The molecule has 0 aliphatic heterocycles. The first kappa shape index (κ1) is 23.5. The largest absolute Gasteiger partial charge is 0.0776 e. The van der Waals surface area contributed by atoms with Crippen LogP contribution in [0, 0.1) is 0 Å². The molecule has 0 N–H and O–H groups in total. The Kier molecular flexibility index (Phi) is 13.3. The van der Waals surface area contributed by atoms with E-state index in [1.807, 2.05) is 13.8 Å². The number of hydrogen-bond donors (Lipinski definition) is 0. The molecule has 0 fully saturated rings. The molecule has 0 saturated heterocycles. The molecule has 3 rings (SSSR count). The Morgan fingerprint density at radius 1 is 0.500 bits per heavy atom. The van der Waals surface area contributed by atoms with Crippen molar-refractivity contribution in [1.82, 2.24) is 0 Å². The molecule has 2 aromatic rings. The third kappa shape index (κ3) is 4.85. The van der Waals surface area contributed by atoms with Gasteiger partial charge in [0.25, 0.3) is 0 Å². The van der Waals surface area contributed by atoms with Gasteiger partial charge in [0.05, 0.1) is 0 Å². The van der Waals surface area contributed by atoms with Crippen LogP contribution in [0.4, 0.5) is 0 Å². The first-order valence-electron chi connectivity index (χ1n) is 6.07. The number of benzene rings is 2. The Morgan fingerprint density at radius 2 is 0.700 bits per heavy atom. The summed E-state index contributed by atoms with van der Waals surface area (Å²) in [7, 11) is 0. The second-order valence-corrected chi connectivity index (χ2v) is 3.89. The Hall–Kier alpha value is -1.56. The minimum absolute atomic E-state index is 0. The van der Waals surface area contributed by atoms with Crippen molar-refractivity contribution in [2.45, 2.75) is 56.4 Å². The highest BCUT2D eigenvalue weighted by molar-refractivity contribution is 5.44. The molecule has 0 aromatic heterocycles. The molecular formula is C20H34. The van der Waals surface area contributed by atoms with Gasteiger partial charge in [-0.05, 0) is 35.1 Å². The van der Waals surface area contributed by atoms with Gasteiger partial charge in [-0.25, -0.2) is 0 Å². The van der Waals surface area contributed by atoms with Crippen LogP contribution in [0.2, 0.25) is 0 Å². The molecule has 0 unspecified atom stereocenters. The van der Waals surface area contributed by atoms with E-state index in [0.29, 0.717) is 0 Å². The van der Waals surface area contributed by atoms with E-state index in [4.69, 9.17) is 0 Å². The molecule has 20 heavy (non-hydrogen) atoms. The summed E-state index contributed by atoms with van der Waals surface area (Å²) in [5.74, 6) is 0. The van der Waals surface area contributed by atoms with E-state index in [2.05, 4.69) is 48.5 Å². The van der Waals surface area contributed by atoms with Crippen molar-refractivity contribution >= 4 is 0 Å². The van der Waals surface area contributed by atoms with Gasteiger partial charge in [0, 0.05) is 0 Å². The van der Waals surface area contributed by atoms with Crippen molar-refractivity contribution < 1.29 is 0 Å². The first-order valence-corrected chi connectivity index (χ1v) is 6.07. The maximum absolute atomic E-state index is 2.24. The highest BCUT2D eigenvalue weighted by Gasteiger charge is 2.12. The molecule has 0 bridgehead atoms. The molecule has 2 aromatic carbocycles. The number of hydrogen-bond acceptors (Lipinski definition) is 0. The fourth-order valence-corrected chi connectivity index (χ4v) is 2.22. The van der Waals surface area contributed by atoms with Crippen LogP contribution in [0.15, 0.2) is 48.5 Å². The maximum Gasteiger partial charge on any atom is -0.00201 e. The van der Waals surface area contributed by atoms with Crippen LogP contribution in [-0.2, 0) is 12.8 Å². The zero-order valence-electron chi connectivity index (χ0n) is 10.0. The van der Waals surface area contributed by atoms with Crippen molar-refractivity contribution in [1.29, 1.82) is 0 Å². The maximum atomic E-state index is 2.24. The molecule has 1 aliphatic carbocycles. The molecule has 0 heteroatoms. The Labute approximate surface area is 127 Å². The van der Waals surface area contributed by atoms with Gasteiger partial charge in [0.1, 0.15) is 0 Å². The first-order chi connectivity index (χ1) is 7.93. The van der Waals surface area contributed by atoms with Crippen molar-refractivity contribution in [2.75, 3.05) is 0 Å². The molecule has 114 valence electrons. The lowest BCUT2D eigenvalue weighted by molar-refractivity contribution is 1.00. The van der Waals surface area contributed by atoms with Crippen LogP contribution in [0.1, 0.15) is 65.8 Å². The summed E-state index contributed by atoms with van der Waals surface area (Å²) in [5, 5.41) is 0. The standard InChI is InChI=1S/C14H12.C2H6.4CH4/c1-2-6-12-10-14-8-4-3-7-13(14)9-11(12)5-1;1-2;;;;/h1-8H,9-10H2;1-2H3;4*1H4. The summed E-state index contributed by atoms with van der Waals surface area (Å²) in [4.78, 5) is 0. The Bertz CT molecular complexity index is 381. The predicted molar refractivity (Wildman–Crippen MR) is 96.8 cm³/mol. The van der Waals surface area contributed by atoms with Crippen LogP contribution in [0.25, 0.3) is 0 Å². The van der Waals surface area contributed by atoms with Crippen molar-refractivity contribution in [2.24, 2.45) is 0 Å². The quantitative estimate of drug-likeness (QED) is 0.425. The summed E-state index contributed by atoms with van der Waals surface area (Å²) in [5.41, 5.74) is 5.97. The van der Waals surface area contributed by atoms with E-state index in [0.717, 1.165) is 12.8 Å². The highest BCUT2D eigenvalue weighted by Crippen LogP contribution is 2.26. The van der Waals surface area contributed by atoms with Gasteiger partial charge in [-0.15, -0.1) is 0 Å². The summed E-state index contributed by atoms with van der Waals surface area (Å²) in [6.45, 7) is 4.00. The topological polar surface area (TPSA) is 0 Å². The lowest BCUT2D eigenvalue weighted by Gasteiger charge is -2.18. The average molecular weight is 274 g/mol. The minimum Gasteiger partial charge on any atom is -0.0776 e. The zero-order chi connectivity index (χ0) is 11.4. The number of rotatable bonds is 0. The van der Waals surface area contributed by atoms with Gasteiger partial charge in [0.15, 0.2) is 0 Å². The molecule has 0 amide bonds. The van der Waals surface area contributed by atoms with E-state index < -0.39 is 0 Å². The second kappa shape index (κ2) is 11.3. The lowest BCUT2D eigenvalue weighted by Crippen LogP contribution is -2.06. The molecule has 0 saturated carbocycles. The number of fused-ring (bicyclic) bond motifs is 2. The van der Waals surface area contributed by atoms with Gasteiger partial charge >= 0.3 is 0 Å². The summed E-state index contributed by atoms with van der Waals surface area (Å²) in [6, 6.07) is 17.5. The van der Waals surface area contributed by atoms with E-state index in [1.165, 1.54) is 22.3 Å². The normalized spacial score (nSPS) is 9.50. The summed E-state index contributed by atoms with van der Waals surface area (Å²) in [6.07, 6.45) is 2.21. The van der Waals surface area contributed by atoms with Crippen molar-refractivity contribution in [3.63, 3.8) is 0 Å². The minimum atomic E-state index is 0.